The average molecular weight is 807 g/mol. The summed E-state index contributed by atoms with van der Waals surface area (Å²) in [4.78, 5) is 14.8. The molecule has 0 atom stereocenters. The topological polar surface area (TPSA) is 55.1 Å². The highest BCUT2D eigenvalue weighted by atomic mass is 16.3. The Labute approximate surface area is 363 Å². The lowest BCUT2D eigenvalue weighted by Gasteiger charge is -2.12. The summed E-state index contributed by atoms with van der Waals surface area (Å²) in [6.07, 6.45) is 0. The molecule has 0 radical (unpaired) electrons. The molecule has 0 saturated carbocycles. The molecule has 0 unspecified atom stereocenters. The van der Waals surface area contributed by atoms with Gasteiger partial charge in [-0.1, -0.05) is 164 Å². The third-order valence-electron chi connectivity index (χ3n) is 12.3. The number of benzene rings is 10. The van der Waals surface area contributed by atoms with E-state index in [-0.39, 0.29) is 0 Å². The highest BCUT2D eigenvalue weighted by Gasteiger charge is 2.22. The van der Waals surface area contributed by atoms with E-state index in [0.717, 1.165) is 55.3 Å². The van der Waals surface area contributed by atoms with Gasteiger partial charge in [0.1, 0.15) is 11.2 Å². The van der Waals surface area contributed by atoms with Gasteiger partial charge in [-0.25, -0.2) is 9.98 Å². The summed E-state index contributed by atoms with van der Waals surface area (Å²) in [6, 6.07) is 72.6. The van der Waals surface area contributed by atoms with Gasteiger partial charge in [0, 0.05) is 44.4 Å². The van der Waals surface area contributed by atoms with E-state index < -0.39 is 0 Å². The fourth-order valence-corrected chi connectivity index (χ4v) is 9.48. The smallest absolute Gasteiger partial charge is 0.161 e. The van der Waals surface area contributed by atoms with Crippen molar-refractivity contribution in [1.82, 2.24) is 4.57 Å². The molecule has 0 amide bonds. The van der Waals surface area contributed by atoms with Crippen LogP contribution in [0.2, 0.25) is 0 Å². The third kappa shape index (κ3) is 6.13. The molecule has 0 N–H and O–H groups in total. The summed E-state index contributed by atoms with van der Waals surface area (Å²) < 4.78 is 9.16. The minimum Gasteiger partial charge on any atom is -0.456 e. The maximum Gasteiger partial charge on any atom is 0.161 e. The number of rotatable bonds is 6. The highest BCUT2D eigenvalue weighted by Crippen LogP contribution is 2.44. The quantitative estimate of drug-likeness (QED) is 0.122. The number of furan rings is 1. The van der Waals surface area contributed by atoms with Gasteiger partial charge in [0.2, 0.25) is 0 Å². The molecule has 0 saturated heterocycles. The second-order valence-electron chi connectivity index (χ2n) is 16.0. The molecule has 10 aromatic carbocycles. The lowest BCUT2D eigenvalue weighted by atomic mass is 9.94. The molecule has 5 nitrogen and oxygen atoms in total. The molecular weight excluding hydrogens is 769 g/mol. The predicted octanol–water partition coefficient (Wildman–Crippen LogP) is 14.9. The summed E-state index contributed by atoms with van der Waals surface area (Å²) in [7, 11) is 0. The van der Waals surface area contributed by atoms with Crippen LogP contribution in [0.3, 0.4) is 0 Å². The number of aromatic nitrogens is 1. The van der Waals surface area contributed by atoms with E-state index in [1.165, 1.54) is 54.2 Å². The maximum atomic E-state index is 6.75. The number of hydrogen-bond donors (Lipinski definition) is 0. The fourth-order valence-electron chi connectivity index (χ4n) is 9.48. The van der Waals surface area contributed by atoms with E-state index >= 15 is 0 Å². The fraction of sp³-hybridized carbons (Fsp3) is 0.0172. The molecule has 0 fully saturated rings. The summed E-state index contributed by atoms with van der Waals surface area (Å²) in [5.41, 5.74) is 10.00. The molecule has 2 heterocycles. The number of nitrogens with zero attached hydrogens (tertiary/aromatic N) is 4. The van der Waals surface area contributed by atoms with Crippen LogP contribution in [0.4, 0.5) is 0 Å². The highest BCUT2D eigenvalue weighted by molar-refractivity contribution is 6.30. The van der Waals surface area contributed by atoms with Crippen molar-refractivity contribution in [3.8, 4) is 16.8 Å². The summed E-state index contributed by atoms with van der Waals surface area (Å²) >= 11 is 0. The average Bonchev–Trinajstić information content (AvgIpc) is 3.90. The van der Waals surface area contributed by atoms with E-state index in [2.05, 4.69) is 174 Å². The molecule has 0 aliphatic heterocycles. The molecule has 0 bridgehead atoms. The zero-order chi connectivity index (χ0) is 41.9. The third-order valence-corrected chi connectivity index (χ3v) is 12.3. The number of fused-ring (bicyclic) bond motifs is 11. The zero-order valence-corrected chi connectivity index (χ0v) is 34.2. The van der Waals surface area contributed by atoms with E-state index in [4.69, 9.17) is 14.4 Å². The Hall–Kier alpha value is -8.41. The zero-order valence-electron chi connectivity index (χ0n) is 34.2. The second-order valence-corrected chi connectivity index (χ2v) is 16.0. The standard InChI is InChI=1S/C58H38N4O/c1-59-58(61-57(41-19-6-3-7-20-41)60-36-37-27-28-38-15-8-9-21-42(38)33-37)48-25-14-26-52-54(48)47-31-30-43(34-53(47)63-52)62-50-32-29-40-18-10-11-22-44(40)55(50)56-46-24-13-12-23-45(46)49(35-51(56)62)39-16-4-2-5-17-39/h2-35H,1,36H2. The van der Waals surface area contributed by atoms with Crippen molar-refractivity contribution in [2.24, 2.45) is 15.0 Å². The first-order valence-electron chi connectivity index (χ1n) is 21.2. The van der Waals surface area contributed by atoms with E-state index in [1.807, 2.05) is 48.5 Å². The molecule has 12 rings (SSSR count). The van der Waals surface area contributed by atoms with Gasteiger partial charge in [-0.05, 0) is 92.1 Å². The van der Waals surface area contributed by atoms with Crippen LogP contribution < -0.4 is 0 Å². The van der Waals surface area contributed by atoms with E-state index in [9.17, 15) is 0 Å². The Morgan fingerprint density at radius 2 is 1.17 bits per heavy atom. The Kier molecular flexibility index (Phi) is 8.64. The van der Waals surface area contributed by atoms with Crippen molar-refractivity contribution in [2.75, 3.05) is 0 Å². The Morgan fingerprint density at radius 3 is 2.00 bits per heavy atom. The van der Waals surface area contributed by atoms with Gasteiger partial charge in [-0.15, -0.1) is 0 Å². The van der Waals surface area contributed by atoms with Crippen molar-refractivity contribution in [2.45, 2.75) is 6.54 Å². The van der Waals surface area contributed by atoms with Gasteiger partial charge < -0.3 is 8.98 Å². The largest absolute Gasteiger partial charge is 0.456 e. The predicted molar refractivity (Wildman–Crippen MR) is 265 cm³/mol. The molecule has 0 spiro atoms. The van der Waals surface area contributed by atoms with Crippen LogP contribution in [0.5, 0.6) is 0 Å². The Morgan fingerprint density at radius 1 is 0.476 bits per heavy atom. The number of aliphatic imine (C=N–C) groups is 3. The van der Waals surface area contributed by atoms with Crippen LogP contribution in [-0.4, -0.2) is 23.0 Å². The summed E-state index contributed by atoms with van der Waals surface area (Å²) in [6.45, 7) is 4.48. The molecule has 63 heavy (non-hydrogen) atoms. The van der Waals surface area contributed by atoms with Crippen LogP contribution in [0.25, 0.3) is 92.9 Å². The monoisotopic (exact) mass is 806 g/mol. The maximum absolute atomic E-state index is 6.75. The first-order chi connectivity index (χ1) is 31.2. The van der Waals surface area contributed by atoms with Crippen LogP contribution in [-0.2, 0) is 6.54 Å². The van der Waals surface area contributed by atoms with E-state index in [0.29, 0.717) is 18.2 Å². The summed E-state index contributed by atoms with van der Waals surface area (Å²) in [5, 5.41) is 11.6. The van der Waals surface area contributed by atoms with Crippen LogP contribution in [0.1, 0.15) is 16.7 Å². The van der Waals surface area contributed by atoms with Crippen LogP contribution >= 0.6 is 0 Å². The van der Waals surface area contributed by atoms with Crippen molar-refractivity contribution < 1.29 is 4.42 Å². The summed E-state index contributed by atoms with van der Waals surface area (Å²) in [5.74, 6) is 1.06. The van der Waals surface area contributed by atoms with Crippen molar-refractivity contribution in [1.29, 1.82) is 0 Å². The first kappa shape index (κ1) is 36.4. The van der Waals surface area contributed by atoms with Gasteiger partial charge >= 0.3 is 0 Å². The first-order valence-corrected chi connectivity index (χ1v) is 21.2. The van der Waals surface area contributed by atoms with Gasteiger partial charge in [-0.2, -0.15) is 0 Å². The van der Waals surface area contributed by atoms with Gasteiger partial charge in [-0.3, -0.25) is 4.99 Å². The normalized spacial score (nSPS) is 12.4. The minimum absolute atomic E-state index is 0.464. The van der Waals surface area contributed by atoms with Gasteiger partial charge in [0.05, 0.1) is 17.6 Å². The molecule has 12 aromatic rings. The lowest BCUT2D eigenvalue weighted by Crippen LogP contribution is -2.06. The number of amidine groups is 2. The molecule has 5 heteroatoms. The SMILES string of the molecule is C=NC(=NC(=NCc1ccc2ccccc2c1)c1ccccc1)c1cccc2oc3cc(-n4c5ccc6ccccc6c5c5c6ccccc6c(-c6ccccc6)cc54)ccc3c12. The minimum atomic E-state index is 0.464. The molecular formula is C58H38N4O. The second kappa shape index (κ2) is 14.9. The molecule has 0 aliphatic rings. The molecule has 2 aromatic heterocycles. The van der Waals surface area contributed by atoms with Crippen LogP contribution in [0, 0.1) is 0 Å². The van der Waals surface area contributed by atoms with Crippen molar-refractivity contribution >= 4 is 94.5 Å². The van der Waals surface area contributed by atoms with Crippen molar-refractivity contribution in [3.63, 3.8) is 0 Å². The van der Waals surface area contributed by atoms with Crippen molar-refractivity contribution in [3.05, 3.63) is 223 Å². The van der Waals surface area contributed by atoms with Gasteiger partial charge in [0.25, 0.3) is 0 Å². The Bertz CT molecular complexity index is 3840. The van der Waals surface area contributed by atoms with Gasteiger partial charge in [0.15, 0.2) is 11.7 Å². The number of hydrogen-bond acceptors (Lipinski definition) is 2. The van der Waals surface area contributed by atoms with E-state index in [1.54, 1.807) is 0 Å². The molecule has 296 valence electrons. The van der Waals surface area contributed by atoms with Crippen LogP contribution in [0.15, 0.2) is 226 Å². The lowest BCUT2D eigenvalue weighted by molar-refractivity contribution is 0.668. The molecule has 0 aliphatic carbocycles. The Balaban J connectivity index is 1.04.